The van der Waals surface area contributed by atoms with E-state index in [0.717, 1.165) is 51.4 Å². The van der Waals surface area contributed by atoms with E-state index in [1.165, 1.54) is 161 Å². The Labute approximate surface area is 396 Å². The number of likely N-dealkylation sites (N-methyl/N-ethyl adjacent to an activating group) is 1. The highest BCUT2D eigenvalue weighted by Crippen LogP contribution is 2.43. The van der Waals surface area contributed by atoms with Gasteiger partial charge in [0, 0.05) is 6.42 Å². The Morgan fingerprint density at radius 1 is 0.562 bits per heavy atom. The van der Waals surface area contributed by atoms with Crippen molar-refractivity contribution in [1.29, 1.82) is 0 Å². The molecule has 1 amide bonds. The highest BCUT2D eigenvalue weighted by Gasteiger charge is 2.27. The summed E-state index contributed by atoms with van der Waals surface area (Å²) in [5, 5.41) is 13.8. The molecule has 0 bridgehead atoms. The van der Waals surface area contributed by atoms with Gasteiger partial charge in [-0.2, -0.15) is 0 Å². The second kappa shape index (κ2) is 46.3. The predicted molar refractivity (Wildman–Crippen MR) is 277 cm³/mol. The maximum Gasteiger partial charge on any atom is 0.472 e. The third-order valence-corrected chi connectivity index (χ3v) is 12.8. The lowest BCUT2D eigenvalue weighted by molar-refractivity contribution is -0.870. The van der Waals surface area contributed by atoms with Crippen LogP contribution in [0.1, 0.15) is 232 Å². The van der Waals surface area contributed by atoms with E-state index in [-0.39, 0.29) is 19.1 Å². The maximum atomic E-state index is 12.9. The molecule has 8 nitrogen and oxygen atoms in total. The van der Waals surface area contributed by atoms with E-state index in [2.05, 4.69) is 60.8 Å². The first-order chi connectivity index (χ1) is 31.0. The Kier molecular flexibility index (Phi) is 45.0. The zero-order valence-electron chi connectivity index (χ0n) is 42.5. The molecule has 3 atom stereocenters. The predicted octanol–water partition coefficient (Wildman–Crippen LogP) is 15.8. The Hall–Kier alpha value is -1.80. The van der Waals surface area contributed by atoms with Crippen molar-refractivity contribution in [2.45, 2.75) is 244 Å². The molecule has 3 N–H and O–H groups in total. The molecule has 0 heterocycles. The van der Waals surface area contributed by atoms with Crippen molar-refractivity contribution in [3.63, 3.8) is 0 Å². The van der Waals surface area contributed by atoms with Gasteiger partial charge in [0.25, 0.3) is 0 Å². The number of allylic oxidation sites excluding steroid dienone is 9. The summed E-state index contributed by atoms with van der Waals surface area (Å²) < 4.78 is 23.5. The van der Waals surface area contributed by atoms with Crippen LogP contribution < -0.4 is 5.32 Å². The molecule has 0 fully saturated rings. The van der Waals surface area contributed by atoms with Gasteiger partial charge in [-0.3, -0.25) is 13.8 Å². The van der Waals surface area contributed by atoms with Crippen molar-refractivity contribution in [2.24, 2.45) is 0 Å². The van der Waals surface area contributed by atoms with Crippen molar-refractivity contribution in [3.8, 4) is 0 Å². The van der Waals surface area contributed by atoms with Crippen LogP contribution in [0.5, 0.6) is 0 Å². The largest absolute Gasteiger partial charge is 0.472 e. The third-order valence-electron chi connectivity index (χ3n) is 11.8. The van der Waals surface area contributed by atoms with Crippen molar-refractivity contribution in [2.75, 3.05) is 40.9 Å². The fraction of sp³-hybridized carbons (Fsp3) is 0.800. The summed E-state index contributed by atoms with van der Waals surface area (Å²) in [4.78, 5) is 23.1. The minimum absolute atomic E-state index is 0.0521. The van der Waals surface area contributed by atoms with Gasteiger partial charge >= 0.3 is 7.82 Å². The fourth-order valence-corrected chi connectivity index (χ4v) is 8.32. The lowest BCUT2D eigenvalue weighted by Crippen LogP contribution is -2.45. The molecule has 0 aliphatic rings. The second-order valence-electron chi connectivity index (χ2n) is 19.2. The highest BCUT2D eigenvalue weighted by atomic mass is 31.2. The van der Waals surface area contributed by atoms with E-state index in [4.69, 9.17) is 9.05 Å². The lowest BCUT2D eigenvalue weighted by atomic mass is 10.0. The number of amides is 1. The molecule has 0 saturated heterocycles. The van der Waals surface area contributed by atoms with Crippen LogP contribution in [-0.2, 0) is 18.4 Å². The summed E-state index contributed by atoms with van der Waals surface area (Å²) in [6, 6.07) is -0.868. The van der Waals surface area contributed by atoms with Gasteiger partial charge in [-0.1, -0.05) is 215 Å². The van der Waals surface area contributed by atoms with Crippen molar-refractivity contribution in [3.05, 3.63) is 60.8 Å². The number of hydrogen-bond acceptors (Lipinski definition) is 5. The number of aliphatic hydroxyl groups is 1. The second-order valence-corrected chi connectivity index (χ2v) is 20.7. The van der Waals surface area contributed by atoms with Crippen molar-refractivity contribution in [1.82, 2.24) is 5.32 Å². The average Bonchev–Trinajstić information content (AvgIpc) is 3.25. The molecule has 3 unspecified atom stereocenters. The minimum atomic E-state index is -4.35. The number of nitrogens with zero attached hydrogens (tertiary/aromatic N) is 1. The molecule has 0 saturated carbocycles. The smallest absolute Gasteiger partial charge is 0.387 e. The van der Waals surface area contributed by atoms with Crippen LogP contribution in [0.4, 0.5) is 0 Å². The Morgan fingerprint density at radius 2 is 0.969 bits per heavy atom. The number of quaternary nitrogens is 1. The molecular formula is C55H104N2O6P+. The number of nitrogens with one attached hydrogen (secondary N) is 1. The molecule has 0 rings (SSSR count). The van der Waals surface area contributed by atoms with Crippen LogP contribution >= 0.6 is 7.82 Å². The first-order valence-electron chi connectivity index (χ1n) is 26.6. The molecule has 0 spiro atoms. The van der Waals surface area contributed by atoms with Gasteiger partial charge in [-0.15, -0.1) is 0 Å². The molecule has 374 valence electrons. The van der Waals surface area contributed by atoms with E-state index >= 15 is 0 Å². The highest BCUT2D eigenvalue weighted by molar-refractivity contribution is 7.47. The molecule has 64 heavy (non-hydrogen) atoms. The molecular weight excluding hydrogens is 816 g/mol. The van der Waals surface area contributed by atoms with E-state index in [1.54, 1.807) is 6.08 Å². The van der Waals surface area contributed by atoms with Crippen LogP contribution in [0, 0.1) is 0 Å². The van der Waals surface area contributed by atoms with Gasteiger partial charge in [0.1, 0.15) is 13.2 Å². The summed E-state index contributed by atoms with van der Waals surface area (Å²) in [6.45, 7) is 4.55. The standard InChI is InChI=1S/C55H103N2O6P/c1-6-8-10-12-14-16-17-18-19-20-21-22-23-24-25-26-27-28-29-30-31-32-33-34-35-36-37-38-39-41-43-45-47-49-55(59)56-53(52-63-64(60,61)62-51-50-57(3,4)5)54(58)48-46-44-42-40-15-13-11-9-7-2/h7,9,15,21-22,24-25,40,46,48,53-54,58H,6,8,10-14,16-20,23,26-39,41-45,47,49-52H2,1-5H3,(H-,56,59,60,61)/p+1/b9-7+,22-21-,25-24-,40-15+,48-46+. The minimum Gasteiger partial charge on any atom is -0.387 e. The summed E-state index contributed by atoms with van der Waals surface area (Å²) in [7, 11) is 1.54. The molecule has 0 aliphatic carbocycles. The van der Waals surface area contributed by atoms with E-state index in [0.29, 0.717) is 17.4 Å². The quantitative estimate of drug-likeness (QED) is 0.0243. The maximum absolute atomic E-state index is 12.9. The zero-order valence-corrected chi connectivity index (χ0v) is 43.4. The van der Waals surface area contributed by atoms with Gasteiger partial charge in [-0.05, 0) is 71.1 Å². The summed E-state index contributed by atoms with van der Waals surface area (Å²) in [5.74, 6) is -0.194. The van der Waals surface area contributed by atoms with Gasteiger partial charge < -0.3 is 19.8 Å². The van der Waals surface area contributed by atoms with Crippen LogP contribution in [0.15, 0.2) is 60.8 Å². The number of aliphatic hydroxyl groups excluding tert-OH is 1. The van der Waals surface area contributed by atoms with Crippen LogP contribution in [0.25, 0.3) is 0 Å². The summed E-state index contributed by atoms with van der Waals surface area (Å²) in [5.41, 5.74) is 0. The number of hydrogen-bond donors (Lipinski definition) is 3. The van der Waals surface area contributed by atoms with Crippen molar-refractivity contribution < 1.29 is 32.9 Å². The first kappa shape index (κ1) is 62.2. The fourth-order valence-electron chi connectivity index (χ4n) is 7.58. The number of carbonyl (C=O) groups is 1. The van der Waals surface area contributed by atoms with E-state index < -0.39 is 20.0 Å². The van der Waals surface area contributed by atoms with Gasteiger partial charge in [-0.25, -0.2) is 4.57 Å². The molecule has 0 aliphatic heterocycles. The molecule has 0 aromatic carbocycles. The van der Waals surface area contributed by atoms with Crippen LogP contribution in [-0.4, -0.2) is 73.4 Å². The lowest BCUT2D eigenvalue weighted by Gasteiger charge is -2.25. The van der Waals surface area contributed by atoms with E-state index in [1.807, 2.05) is 34.1 Å². The van der Waals surface area contributed by atoms with Crippen molar-refractivity contribution >= 4 is 13.7 Å². The number of unbranched alkanes of at least 4 members (excludes halogenated alkanes) is 28. The molecule has 0 radical (unpaired) electrons. The molecule has 0 aromatic rings. The Balaban J connectivity index is 3.95. The first-order valence-corrected chi connectivity index (χ1v) is 28.1. The van der Waals surface area contributed by atoms with Crippen LogP contribution in [0.3, 0.4) is 0 Å². The number of rotatable bonds is 48. The molecule has 0 aromatic heterocycles. The molecule has 9 heteroatoms. The van der Waals surface area contributed by atoms with E-state index in [9.17, 15) is 19.4 Å². The third kappa shape index (κ3) is 48.1. The topological polar surface area (TPSA) is 105 Å². The SMILES string of the molecule is C/C=C/CC/C=C/CC/C=C/C(O)C(COP(=O)(O)OCC[N+](C)(C)C)NC(=O)CCCCCCCCCCCCCCCCCCC/C=C\C/C=C\CCCCCCCCCCC. The number of carbonyl (C=O) groups excluding carboxylic acids is 1. The average molecular weight is 920 g/mol. The van der Waals surface area contributed by atoms with Gasteiger partial charge in [0.05, 0.1) is 39.9 Å². The zero-order chi connectivity index (χ0) is 47.1. The summed E-state index contributed by atoms with van der Waals surface area (Å²) in [6.07, 6.45) is 62.2. The number of phosphoric acid groups is 1. The normalized spacial score (nSPS) is 14.5. The monoisotopic (exact) mass is 920 g/mol. The summed E-state index contributed by atoms with van der Waals surface area (Å²) >= 11 is 0. The number of phosphoric ester groups is 1. The van der Waals surface area contributed by atoms with Crippen LogP contribution in [0.2, 0.25) is 0 Å². The Bertz CT molecular complexity index is 1230. The Morgan fingerprint density at radius 3 is 1.42 bits per heavy atom. The van der Waals surface area contributed by atoms with Gasteiger partial charge in [0.2, 0.25) is 5.91 Å². The van der Waals surface area contributed by atoms with Gasteiger partial charge in [0.15, 0.2) is 0 Å².